The first-order chi connectivity index (χ1) is 6.81. The largest absolute Gasteiger partial charge is 0.271 e. The van der Waals surface area contributed by atoms with E-state index < -0.39 is 0 Å². The molecule has 0 aliphatic carbocycles. The van der Waals surface area contributed by atoms with Crippen LogP contribution in [0.25, 0.3) is 10.6 Å². The number of thiophene rings is 1. The molecule has 2 heterocycles. The van der Waals surface area contributed by atoms with Gasteiger partial charge in [-0.2, -0.15) is 0 Å². The Morgan fingerprint density at radius 1 is 1.50 bits per heavy atom. The number of nitrogens with one attached hydrogen (secondary N) is 1. The molecule has 0 saturated heterocycles. The first-order valence-electron chi connectivity index (χ1n) is 4.23. The summed E-state index contributed by atoms with van der Waals surface area (Å²) >= 11 is 3.36. The maximum absolute atomic E-state index is 5.24. The van der Waals surface area contributed by atoms with Crippen LogP contribution in [0.15, 0.2) is 16.8 Å². The fourth-order valence-electron chi connectivity index (χ4n) is 1.22. The summed E-state index contributed by atoms with van der Waals surface area (Å²) in [5.41, 5.74) is 4.96. The monoisotopic (exact) mass is 225 g/mol. The molecule has 0 aromatic carbocycles. The molecule has 0 fully saturated rings. The van der Waals surface area contributed by atoms with Crippen molar-refractivity contribution >= 4 is 22.7 Å². The van der Waals surface area contributed by atoms with E-state index in [4.69, 9.17) is 5.84 Å². The van der Waals surface area contributed by atoms with Gasteiger partial charge in [-0.05, 0) is 23.9 Å². The molecule has 3 nitrogen and oxygen atoms in total. The van der Waals surface area contributed by atoms with Crippen molar-refractivity contribution in [1.29, 1.82) is 0 Å². The van der Waals surface area contributed by atoms with Crippen LogP contribution >= 0.6 is 22.7 Å². The number of aryl methyl sites for hydroxylation is 1. The van der Waals surface area contributed by atoms with Crippen molar-refractivity contribution in [1.82, 2.24) is 10.4 Å². The lowest BCUT2D eigenvalue weighted by Crippen LogP contribution is -2.20. The van der Waals surface area contributed by atoms with Crippen LogP contribution in [0.2, 0.25) is 0 Å². The number of hydrazine groups is 1. The van der Waals surface area contributed by atoms with Crippen molar-refractivity contribution in [3.8, 4) is 10.6 Å². The predicted molar refractivity (Wildman–Crippen MR) is 61.2 cm³/mol. The summed E-state index contributed by atoms with van der Waals surface area (Å²) in [7, 11) is 0. The van der Waals surface area contributed by atoms with Crippen LogP contribution < -0.4 is 11.3 Å². The molecule has 74 valence electrons. The third-order valence-corrected chi connectivity index (χ3v) is 3.79. The van der Waals surface area contributed by atoms with Crippen LogP contribution in [0.1, 0.15) is 10.6 Å². The molecule has 0 bridgehead atoms. The summed E-state index contributed by atoms with van der Waals surface area (Å²) in [6.07, 6.45) is 0. The summed E-state index contributed by atoms with van der Waals surface area (Å²) in [6.45, 7) is 2.74. The van der Waals surface area contributed by atoms with Gasteiger partial charge in [0.1, 0.15) is 5.01 Å². The topological polar surface area (TPSA) is 50.9 Å². The van der Waals surface area contributed by atoms with Gasteiger partial charge in [-0.1, -0.05) is 0 Å². The van der Waals surface area contributed by atoms with Gasteiger partial charge in [0.05, 0.1) is 17.1 Å². The lowest BCUT2D eigenvalue weighted by atomic mass is 10.2. The van der Waals surface area contributed by atoms with E-state index in [0.717, 1.165) is 10.7 Å². The predicted octanol–water partition coefficient (Wildman–Crippen LogP) is 2.14. The van der Waals surface area contributed by atoms with Crippen LogP contribution in [0.5, 0.6) is 0 Å². The Morgan fingerprint density at radius 3 is 3.00 bits per heavy atom. The number of thiazole rings is 1. The zero-order chi connectivity index (χ0) is 9.97. The lowest BCUT2D eigenvalue weighted by molar-refractivity contribution is 0.737. The Balaban J connectivity index is 2.29. The minimum Gasteiger partial charge on any atom is -0.271 e. The van der Waals surface area contributed by atoms with E-state index in [2.05, 4.69) is 34.2 Å². The average molecular weight is 225 g/mol. The second-order valence-electron chi connectivity index (χ2n) is 2.94. The standard InChI is InChI=1S/C9H11N3S2/c1-6-2-3-13-9(6)7-5-14-8(12-7)4-11-10/h2-3,5,11H,4,10H2,1H3. The normalized spacial score (nSPS) is 10.7. The Labute approximate surface area is 90.6 Å². The molecule has 2 rings (SSSR count). The van der Waals surface area contributed by atoms with Crippen molar-refractivity contribution in [2.24, 2.45) is 5.84 Å². The highest BCUT2D eigenvalue weighted by atomic mass is 32.1. The van der Waals surface area contributed by atoms with E-state index in [1.54, 1.807) is 22.7 Å². The highest BCUT2D eigenvalue weighted by molar-refractivity contribution is 7.14. The number of aromatic nitrogens is 1. The highest BCUT2D eigenvalue weighted by Gasteiger charge is 2.07. The van der Waals surface area contributed by atoms with Crippen molar-refractivity contribution in [3.05, 3.63) is 27.4 Å². The quantitative estimate of drug-likeness (QED) is 0.621. The van der Waals surface area contributed by atoms with Gasteiger partial charge in [0, 0.05) is 5.38 Å². The van der Waals surface area contributed by atoms with Crippen molar-refractivity contribution in [2.45, 2.75) is 13.5 Å². The Hall–Kier alpha value is -0.750. The molecule has 3 N–H and O–H groups in total. The van der Waals surface area contributed by atoms with Gasteiger partial charge in [-0.25, -0.2) is 4.98 Å². The lowest BCUT2D eigenvalue weighted by Gasteiger charge is -1.93. The molecular formula is C9H11N3S2. The van der Waals surface area contributed by atoms with Crippen LogP contribution in [-0.4, -0.2) is 4.98 Å². The van der Waals surface area contributed by atoms with E-state index >= 15 is 0 Å². The van der Waals surface area contributed by atoms with Crippen LogP contribution in [0, 0.1) is 6.92 Å². The molecule has 0 radical (unpaired) electrons. The van der Waals surface area contributed by atoms with E-state index in [0.29, 0.717) is 6.54 Å². The first kappa shape index (κ1) is 9.79. The van der Waals surface area contributed by atoms with E-state index in [1.807, 2.05) is 0 Å². The third-order valence-electron chi connectivity index (χ3n) is 1.90. The molecule has 0 aliphatic heterocycles. The van der Waals surface area contributed by atoms with Crippen molar-refractivity contribution in [3.63, 3.8) is 0 Å². The number of hydrogen-bond acceptors (Lipinski definition) is 5. The van der Waals surface area contributed by atoms with E-state index in [9.17, 15) is 0 Å². The summed E-state index contributed by atoms with van der Waals surface area (Å²) in [4.78, 5) is 5.74. The summed E-state index contributed by atoms with van der Waals surface area (Å²) < 4.78 is 0. The molecule has 14 heavy (non-hydrogen) atoms. The third kappa shape index (κ3) is 1.85. The van der Waals surface area contributed by atoms with E-state index in [-0.39, 0.29) is 0 Å². The molecular weight excluding hydrogens is 214 g/mol. The molecule has 0 amide bonds. The molecule has 0 atom stereocenters. The SMILES string of the molecule is Cc1ccsc1-c1csc(CNN)n1. The Bertz CT molecular complexity index is 419. The molecule has 0 spiro atoms. The summed E-state index contributed by atoms with van der Waals surface area (Å²) in [6, 6.07) is 2.11. The smallest absolute Gasteiger partial charge is 0.109 e. The van der Waals surface area contributed by atoms with Crippen molar-refractivity contribution in [2.75, 3.05) is 0 Å². The van der Waals surface area contributed by atoms with Gasteiger partial charge < -0.3 is 0 Å². The number of nitrogens with two attached hydrogens (primary N) is 1. The van der Waals surface area contributed by atoms with Gasteiger partial charge in [-0.3, -0.25) is 11.3 Å². The second-order valence-corrected chi connectivity index (χ2v) is 4.80. The fraction of sp³-hybridized carbons (Fsp3) is 0.222. The molecule has 2 aromatic heterocycles. The maximum atomic E-state index is 5.24. The van der Waals surface area contributed by atoms with Gasteiger partial charge >= 0.3 is 0 Å². The molecule has 0 saturated carbocycles. The fourth-order valence-corrected chi connectivity index (χ4v) is 2.92. The Morgan fingerprint density at radius 2 is 2.36 bits per heavy atom. The number of rotatable bonds is 3. The molecule has 0 unspecified atom stereocenters. The van der Waals surface area contributed by atoms with Gasteiger partial charge in [0.2, 0.25) is 0 Å². The maximum Gasteiger partial charge on any atom is 0.109 e. The van der Waals surface area contributed by atoms with Gasteiger partial charge in [-0.15, -0.1) is 22.7 Å². The van der Waals surface area contributed by atoms with Gasteiger partial charge in [0.15, 0.2) is 0 Å². The first-order valence-corrected chi connectivity index (χ1v) is 5.99. The molecule has 0 aliphatic rings. The number of hydrogen-bond donors (Lipinski definition) is 2. The zero-order valence-corrected chi connectivity index (χ0v) is 9.41. The minimum absolute atomic E-state index is 0.634. The van der Waals surface area contributed by atoms with E-state index in [1.165, 1.54) is 10.4 Å². The molecule has 5 heteroatoms. The van der Waals surface area contributed by atoms with Crippen LogP contribution in [0.3, 0.4) is 0 Å². The average Bonchev–Trinajstić information content (AvgIpc) is 2.74. The highest BCUT2D eigenvalue weighted by Crippen LogP contribution is 2.29. The minimum atomic E-state index is 0.634. The molecule has 2 aromatic rings. The van der Waals surface area contributed by atoms with Crippen molar-refractivity contribution < 1.29 is 0 Å². The zero-order valence-electron chi connectivity index (χ0n) is 7.78. The van der Waals surface area contributed by atoms with Gasteiger partial charge in [0.25, 0.3) is 0 Å². The van der Waals surface area contributed by atoms with Crippen LogP contribution in [-0.2, 0) is 6.54 Å². The number of nitrogens with zero attached hydrogens (tertiary/aromatic N) is 1. The summed E-state index contributed by atoms with van der Waals surface area (Å²) in [5, 5.41) is 5.19. The Kier molecular flexibility index (Phi) is 2.93. The second kappa shape index (κ2) is 4.18. The van der Waals surface area contributed by atoms with Crippen LogP contribution in [0.4, 0.5) is 0 Å². The summed E-state index contributed by atoms with van der Waals surface area (Å²) in [5.74, 6) is 5.24.